The molecule has 0 atom stereocenters. The minimum absolute atomic E-state index is 0.000553. The first-order valence-electron chi connectivity index (χ1n) is 5.00. The molecule has 6 heteroatoms. The van der Waals surface area contributed by atoms with Crippen molar-refractivity contribution in [3.05, 3.63) is 17.7 Å². The molecule has 0 aromatic heterocycles. The van der Waals surface area contributed by atoms with Gasteiger partial charge in [0.2, 0.25) is 0 Å². The van der Waals surface area contributed by atoms with Crippen LogP contribution in [0, 0.1) is 0 Å². The maximum atomic E-state index is 9.66. The monoisotopic (exact) mass is 224 g/mol. The van der Waals surface area contributed by atoms with E-state index in [-0.39, 0.29) is 11.5 Å². The molecule has 1 aromatic rings. The van der Waals surface area contributed by atoms with Crippen molar-refractivity contribution in [1.82, 2.24) is 0 Å². The van der Waals surface area contributed by atoms with Gasteiger partial charge in [0.25, 0.3) is 0 Å². The van der Waals surface area contributed by atoms with Crippen LogP contribution in [0.4, 0.5) is 0 Å². The second-order valence-electron chi connectivity index (χ2n) is 3.49. The number of hydrogen-bond donors (Lipinski definition) is 2. The Morgan fingerprint density at radius 2 is 2.25 bits per heavy atom. The number of phenols is 1. The van der Waals surface area contributed by atoms with Crippen LogP contribution < -0.4 is 10.2 Å². The molecule has 1 heterocycles. The van der Waals surface area contributed by atoms with Gasteiger partial charge >= 0.3 is 7.12 Å². The zero-order valence-electron chi connectivity index (χ0n) is 8.97. The molecule has 0 amide bonds. The van der Waals surface area contributed by atoms with Crippen LogP contribution in [0.3, 0.4) is 0 Å². The minimum Gasteiger partial charge on any atom is -0.504 e. The average Bonchev–Trinajstić information content (AvgIpc) is 2.64. The third-order valence-corrected chi connectivity index (χ3v) is 2.44. The molecule has 16 heavy (non-hydrogen) atoms. The zero-order valence-corrected chi connectivity index (χ0v) is 8.97. The van der Waals surface area contributed by atoms with E-state index in [9.17, 15) is 10.1 Å². The molecule has 0 radical (unpaired) electrons. The maximum absolute atomic E-state index is 9.66. The summed E-state index contributed by atoms with van der Waals surface area (Å²) in [5.74, 6) is 0.277. The third kappa shape index (κ3) is 1.99. The normalized spacial score (nSPS) is 14.0. The number of aromatic hydroxyl groups is 1. The lowest BCUT2D eigenvalue weighted by Gasteiger charge is -2.11. The van der Waals surface area contributed by atoms with Crippen LogP contribution >= 0.6 is 0 Å². The third-order valence-electron chi connectivity index (χ3n) is 2.44. The van der Waals surface area contributed by atoms with Crippen molar-refractivity contribution in [3.8, 4) is 11.5 Å². The van der Waals surface area contributed by atoms with E-state index in [1.807, 2.05) is 0 Å². The van der Waals surface area contributed by atoms with Crippen LogP contribution in [0.25, 0.3) is 0 Å². The number of ether oxygens (including phenoxy) is 2. The van der Waals surface area contributed by atoms with Gasteiger partial charge in [-0.25, -0.2) is 0 Å². The number of hydrogen-bond acceptors (Lipinski definition) is 5. The van der Waals surface area contributed by atoms with Crippen LogP contribution in [-0.4, -0.2) is 37.6 Å². The molecule has 2 N–H and O–H groups in total. The van der Waals surface area contributed by atoms with E-state index in [0.29, 0.717) is 25.3 Å². The predicted molar refractivity (Wildman–Crippen MR) is 57.9 cm³/mol. The lowest BCUT2D eigenvalue weighted by atomic mass is 9.78. The van der Waals surface area contributed by atoms with Crippen molar-refractivity contribution >= 4 is 12.6 Å². The highest BCUT2D eigenvalue weighted by molar-refractivity contribution is 6.62. The summed E-state index contributed by atoms with van der Waals surface area (Å²) in [6.45, 7) is 1.06. The number of rotatable bonds is 4. The number of fused-ring (bicyclic) bond motifs is 1. The van der Waals surface area contributed by atoms with Gasteiger partial charge < -0.3 is 24.3 Å². The van der Waals surface area contributed by atoms with E-state index in [1.54, 1.807) is 13.2 Å². The van der Waals surface area contributed by atoms with Gasteiger partial charge in [-0.2, -0.15) is 0 Å². The molecule has 0 saturated heterocycles. The highest BCUT2D eigenvalue weighted by Gasteiger charge is 2.32. The summed E-state index contributed by atoms with van der Waals surface area (Å²) >= 11 is 0. The summed E-state index contributed by atoms with van der Waals surface area (Å²) in [4.78, 5) is 0. The fraction of sp³-hybridized carbons (Fsp3) is 0.400. The summed E-state index contributed by atoms with van der Waals surface area (Å²) in [6.07, 6.45) is 0. The van der Waals surface area contributed by atoms with E-state index < -0.39 is 7.12 Å². The molecule has 0 unspecified atom stereocenters. The molecule has 0 bridgehead atoms. The zero-order chi connectivity index (χ0) is 11.5. The van der Waals surface area contributed by atoms with Gasteiger partial charge in [0.1, 0.15) is 6.61 Å². The van der Waals surface area contributed by atoms with E-state index in [1.165, 1.54) is 6.07 Å². The topological polar surface area (TPSA) is 68.2 Å². The van der Waals surface area contributed by atoms with E-state index in [4.69, 9.17) is 14.1 Å². The molecule has 1 aliphatic rings. The maximum Gasteiger partial charge on any atom is 0.495 e. The Kier molecular flexibility index (Phi) is 3.33. The quantitative estimate of drug-likeness (QED) is 0.539. The van der Waals surface area contributed by atoms with Crippen LogP contribution in [0.1, 0.15) is 5.56 Å². The van der Waals surface area contributed by atoms with E-state index in [0.717, 1.165) is 5.56 Å². The van der Waals surface area contributed by atoms with Crippen LogP contribution in [0.15, 0.2) is 12.1 Å². The van der Waals surface area contributed by atoms with E-state index in [2.05, 4.69) is 0 Å². The first-order valence-corrected chi connectivity index (χ1v) is 5.00. The molecular formula is C10H13BO5. The smallest absolute Gasteiger partial charge is 0.495 e. The summed E-state index contributed by atoms with van der Waals surface area (Å²) in [6, 6.07) is 3.24. The Morgan fingerprint density at radius 3 is 3.00 bits per heavy atom. The minimum atomic E-state index is -1.03. The molecule has 0 aliphatic carbocycles. The molecule has 1 aromatic carbocycles. The van der Waals surface area contributed by atoms with Crippen molar-refractivity contribution in [2.24, 2.45) is 0 Å². The van der Waals surface area contributed by atoms with Gasteiger partial charge in [0, 0.05) is 12.6 Å². The summed E-state index contributed by atoms with van der Waals surface area (Å²) in [5.41, 5.74) is 1.34. The first kappa shape index (κ1) is 11.3. The largest absolute Gasteiger partial charge is 0.504 e. The Morgan fingerprint density at radius 1 is 1.44 bits per heavy atom. The molecule has 0 saturated carbocycles. The van der Waals surface area contributed by atoms with Crippen molar-refractivity contribution in [2.75, 3.05) is 20.3 Å². The SMILES string of the molecule is COCCOc1c(O)ccc2c1B(O)OC2. The highest BCUT2D eigenvalue weighted by Crippen LogP contribution is 2.28. The highest BCUT2D eigenvalue weighted by atomic mass is 16.5. The lowest BCUT2D eigenvalue weighted by molar-refractivity contribution is 0.145. The van der Waals surface area contributed by atoms with Gasteiger partial charge in [-0.1, -0.05) is 6.07 Å². The number of benzene rings is 1. The van der Waals surface area contributed by atoms with Crippen molar-refractivity contribution < 1.29 is 24.3 Å². The van der Waals surface area contributed by atoms with Crippen molar-refractivity contribution in [1.29, 1.82) is 0 Å². The Hall–Kier alpha value is -1.24. The number of phenolic OH excluding ortho intramolecular Hbond substituents is 1. The second kappa shape index (κ2) is 4.73. The molecule has 86 valence electrons. The van der Waals surface area contributed by atoms with Gasteiger partial charge in [-0.3, -0.25) is 0 Å². The lowest BCUT2D eigenvalue weighted by Crippen LogP contribution is -2.30. The summed E-state index contributed by atoms with van der Waals surface area (Å²) in [5, 5.41) is 19.3. The van der Waals surface area contributed by atoms with Gasteiger partial charge in [0.05, 0.1) is 13.2 Å². The number of methoxy groups -OCH3 is 1. The van der Waals surface area contributed by atoms with E-state index >= 15 is 0 Å². The van der Waals surface area contributed by atoms with Gasteiger partial charge in [0.15, 0.2) is 11.5 Å². The summed E-state index contributed by atoms with van der Waals surface area (Å²) in [7, 11) is 0.538. The van der Waals surface area contributed by atoms with Crippen molar-refractivity contribution in [3.63, 3.8) is 0 Å². The van der Waals surface area contributed by atoms with Crippen LogP contribution in [0.2, 0.25) is 0 Å². The first-order chi connectivity index (χ1) is 7.74. The fourth-order valence-corrected chi connectivity index (χ4v) is 1.66. The van der Waals surface area contributed by atoms with Gasteiger partial charge in [-0.05, 0) is 11.6 Å². The Labute approximate surface area is 93.7 Å². The Bertz CT molecular complexity index is 382. The molecule has 5 nitrogen and oxygen atoms in total. The Balaban J connectivity index is 2.25. The average molecular weight is 224 g/mol. The molecule has 2 rings (SSSR count). The molecule has 0 fully saturated rings. The molecular weight excluding hydrogens is 211 g/mol. The standard InChI is InChI=1S/C10H13BO5/c1-14-4-5-15-10-8(12)3-2-7-6-16-11(13)9(7)10/h2-3,12-13H,4-6H2,1H3. The van der Waals surface area contributed by atoms with Crippen LogP contribution in [-0.2, 0) is 16.0 Å². The molecule has 1 aliphatic heterocycles. The van der Waals surface area contributed by atoms with Gasteiger partial charge in [-0.15, -0.1) is 0 Å². The summed E-state index contributed by atoms with van der Waals surface area (Å²) < 4.78 is 15.3. The molecule has 0 spiro atoms. The van der Waals surface area contributed by atoms with Crippen LogP contribution in [0.5, 0.6) is 11.5 Å². The fourth-order valence-electron chi connectivity index (χ4n) is 1.66. The predicted octanol–water partition coefficient (Wildman–Crippen LogP) is -0.365. The van der Waals surface area contributed by atoms with Crippen molar-refractivity contribution in [2.45, 2.75) is 6.61 Å². The second-order valence-corrected chi connectivity index (χ2v) is 3.49.